The summed E-state index contributed by atoms with van der Waals surface area (Å²) < 4.78 is 13.1. The second kappa shape index (κ2) is 12.3. The predicted octanol–water partition coefficient (Wildman–Crippen LogP) is 8.14. The van der Waals surface area contributed by atoms with E-state index >= 15 is 0 Å². The molecule has 0 bridgehead atoms. The van der Waals surface area contributed by atoms with Gasteiger partial charge in [-0.3, -0.25) is 4.79 Å². The van der Waals surface area contributed by atoms with Crippen molar-refractivity contribution in [3.05, 3.63) is 191 Å². The van der Waals surface area contributed by atoms with E-state index in [9.17, 15) is 9.59 Å². The molecule has 2 aliphatic heterocycles. The van der Waals surface area contributed by atoms with Crippen molar-refractivity contribution in [3.63, 3.8) is 0 Å². The summed E-state index contributed by atoms with van der Waals surface area (Å²) in [7, 11) is 0. The van der Waals surface area contributed by atoms with Crippen LogP contribution in [-0.4, -0.2) is 28.9 Å². The first-order chi connectivity index (χ1) is 23.5. The SMILES string of the molecule is Cc1ccccc1[C@@H]1[C@@H](c2ccccc2)[C@@H]2C=C(C(=O)OC(c3ccccc3)c3ccccc3)O[C@@]23C(=O)N(Cc2ccccc2)C[C@@H]13. The maximum Gasteiger partial charge on any atom is 0.374 e. The van der Waals surface area contributed by atoms with Crippen molar-refractivity contribution in [2.45, 2.75) is 37.0 Å². The van der Waals surface area contributed by atoms with Gasteiger partial charge in [0.2, 0.25) is 5.76 Å². The summed E-state index contributed by atoms with van der Waals surface area (Å²) in [6, 6.07) is 48.4. The molecule has 5 aromatic carbocycles. The Morgan fingerprint density at radius 1 is 0.771 bits per heavy atom. The summed E-state index contributed by atoms with van der Waals surface area (Å²) in [6.45, 7) is 3.15. The third-order valence-electron chi connectivity index (χ3n) is 10.5. The Labute approximate surface area is 281 Å². The standard InChI is InChI=1S/C43H37NO4/c1-29-16-14-15-25-34(29)39-36-28-44(27-30-17-6-2-7-18-30)42(46)43(36)35(38(39)31-19-8-3-9-20-31)26-37(48-43)41(45)47-40(32-21-10-4-11-22-32)33-23-12-5-13-24-33/h2-26,35-36,38-40H,27-28H2,1H3/t35-,36-,38-,39-,43-/m0/s1. The summed E-state index contributed by atoms with van der Waals surface area (Å²) in [6.07, 6.45) is 1.28. The number of esters is 1. The highest BCUT2D eigenvalue weighted by molar-refractivity contribution is 5.95. The Kier molecular flexibility index (Phi) is 7.68. The van der Waals surface area contributed by atoms with E-state index in [1.807, 2.05) is 120 Å². The number of hydrogen-bond acceptors (Lipinski definition) is 4. The Morgan fingerprint density at radius 2 is 1.33 bits per heavy atom. The fourth-order valence-corrected chi connectivity index (χ4v) is 8.43. The minimum Gasteiger partial charge on any atom is -0.469 e. The average molecular weight is 632 g/mol. The van der Waals surface area contributed by atoms with Crippen LogP contribution in [0, 0.1) is 18.8 Å². The molecule has 0 aromatic heterocycles. The first kappa shape index (κ1) is 29.9. The van der Waals surface area contributed by atoms with E-state index in [2.05, 4.69) is 43.3 Å². The fraction of sp³-hybridized carbons (Fsp3) is 0.209. The molecule has 1 saturated heterocycles. The van der Waals surface area contributed by atoms with Crippen molar-refractivity contribution in [3.8, 4) is 0 Å². The highest BCUT2D eigenvalue weighted by Crippen LogP contribution is 2.66. The molecule has 0 radical (unpaired) electrons. The predicted molar refractivity (Wildman–Crippen MR) is 185 cm³/mol. The third-order valence-corrected chi connectivity index (χ3v) is 10.5. The molecule has 1 saturated carbocycles. The molecule has 5 nitrogen and oxygen atoms in total. The van der Waals surface area contributed by atoms with Gasteiger partial charge in [0.15, 0.2) is 11.7 Å². The number of hydrogen-bond donors (Lipinski definition) is 0. The van der Waals surface area contributed by atoms with Gasteiger partial charge in [-0.1, -0.05) is 146 Å². The van der Waals surface area contributed by atoms with Crippen molar-refractivity contribution < 1.29 is 19.1 Å². The van der Waals surface area contributed by atoms with Crippen molar-refractivity contribution in [2.24, 2.45) is 11.8 Å². The first-order valence-electron chi connectivity index (χ1n) is 16.7. The van der Waals surface area contributed by atoms with Crippen molar-refractivity contribution in [1.29, 1.82) is 0 Å². The molecule has 5 atom stereocenters. The van der Waals surface area contributed by atoms with Crippen LogP contribution in [0.5, 0.6) is 0 Å². The number of rotatable bonds is 8. The van der Waals surface area contributed by atoms with E-state index < -0.39 is 17.7 Å². The molecular weight excluding hydrogens is 594 g/mol. The van der Waals surface area contributed by atoms with Gasteiger partial charge in [-0.2, -0.15) is 0 Å². The van der Waals surface area contributed by atoms with Crippen LogP contribution in [0.2, 0.25) is 0 Å². The summed E-state index contributed by atoms with van der Waals surface area (Å²) in [5.41, 5.74) is 5.08. The minimum atomic E-state index is -1.23. The molecule has 0 unspecified atom stereocenters. The number of carbonyl (C=O) groups is 2. The number of amides is 1. The van der Waals surface area contributed by atoms with Crippen LogP contribution < -0.4 is 0 Å². The lowest BCUT2D eigenvalue weighted by Crippen LogP contribution is -2.46. The maximum absolute atomic E-state index is 14.9. The molecule has 1 amide bonds. The topological polar surface area (TPSA) is 55.8 Å². The normalized spacial score (nSPS) is 24.2. The zero-order chi connectivity index (χ0) is 32.7. The molecule has 48 heavy (non-hydrogen) atoms. The van der Waals surface area contributed by atoms with Crippen LogP contribution in [0.25, 0.3) is 0 Å². The van der Waals surface area contributed by atoms with Gasteiger partial charge in [0.05, 0.1) is 0 Å². The van der Waals surface area contributed by atoms with Crippen LogP contribution in [0.3, 0.4) is 0 Å². The van der Waals surface area contributed by atoms with Gasteiger partial charge in [-0.25, -0.2) is 4.79 Å². The molecule has 2 heterocycles. The number of aryl methyl sites for hydroxylation is 1. The summed E-state index contributed by atoms with van der Waals surface area (Å²) >= 11 is 0. The van der Waals surface area contributed by atoms with E-state index in [-0.39, 0.29) is 35.3 Å². The number of ether oxygens (including phenoxy) is 2. The number of benzene rings is 5. The van der Waals surface area contributed by atoms with Crippen molar-refractivity contribution >= 4 is 11.9 Å². The highest BCUT2D eigenvalue weighted by Gasteiger charge is 2.73. The van der Waals surface area contributed by atoms with Gasteiger partial charge >= 0.3 is 5.97 Å². The molecule has 3 aliphatic rings. The summed E-state index contributed by atoms with van der Waals surface area (Å²) in [5.74, 6) is -1.16. The molecule has 1 aliphatic carbocycles. The highest BCUT2D eigenvalue weighted by atomic mass is 16.6. The van der Waals surface area contributed by atoms with Crippen LogP contribution in [0.1, 0.15) is 51.3 Å². The largest absolute Gasteiger partial charge is 0.469 e. The van der Waals surface area contributed by atoms with E-state index in [0.717, 1.165) is 22.3 Å². The summed E-state index contributed by atoms with van der Waals surface area (Å²) in [4.78, 5) is 31.0. The Bertz CT molecular complexity index is 1920. The van der Waals surface area contributed by atoms with Crippen molar-refractivity contribution in [2.75, 3.05) is 6.54 Å². The Hall–Kier alpha value is -5.42. The van der Waals surface area contributed by atoms with Gasteiger partial charge in [-0.15, -0.1) is 0 Å². The molecule has 0 N–H and O–H groups in total. The first-order valence-corrected chi connectivity index (χ1v) is 16.7. The molecule has 1 spiro atoms. The summed E-state index contributed by atoms with van der Waals surface area (Å²) in [5, 5.41) is 0. The van der Waals surface area contributed by atoms with Crippen LogP contribution >= 0.6 is 0 Å². The molecule has 5 aromatic rings. The van der Waals surface area contributed by atoms with Gasteiger partial charge in [0.25, 0.3) is 5.91 Å². The maximum atomic E-state index is 14.9. The van der Waals surface area contributed by atoms with Crippen LogP contribution in [0.4, 0.5) is 0 Å². The number of likely N-dealkylation sites (tertiary alicyclic amines) is 1. The fourth-order valence-electron chi connectivity index (χ4n) is 8.43. The van der Waals surface area contributed by atoms with Crippen LogP contribution in [0.15, 0.2) is 157 Å². The Balaban J connectivity index is 1.22. The molecule has 238 valence electrons. The second-order valence-corrected chi connectivity index (χ2v) is 13.2. The number of nitrogens with zero attached hydrogens (tertiary/aromatic N) is 1. The molecule has 8 rings (SSSR count). The lowest BCUT2D eigenvalue weighted by molar-refractivity contribution is -0.156. The van der Waals surface area contributed by atoms with Gasteiger partial charge in [0.1, 0.15) is 0 Å². The zero-order valence-corrected chi connectivity index (χ0v) is 26.8. The van der Waals surface area contributed by atoms with E-state index in [0.29, 0.717) is 13.1 Å². The number of carbonyl (C=O) groups excluding carboxylic acids is 2. The average Bonchev–Trinajstić information content (AvgIpc) is 3.74. The van der Waals surface area contributed by atoms with Gasteiger partial charge < -0.3 is 14.4 Å². The quantitative estimate of drug-likeness (QED) is 0.162. The lowest BCUT2D eigenvalue weighted by atomic mass is 9.76. The monoisotopic (exact) mass is 631 g/mol. The third kappa shape index (κ3) is 5.02. The Morgan fingerprint density at radius 3 is 1.96 bits per heavy atom. The van der Waals surface area contributed by atoms with Crippen molar-refractivity contribution in [1.82, 2.24) is 4.90 Å². The molecule has 2 fully saturated rings. The van der Waals surface area contributed by atoms with E-state index in [1.54, 1.807) is 0 Å². The molecule has 5 heteroatoms. The van der Waals surface area contributed by atoms with E-state index in [4.69, 9.17) is 9.47 Å². The lowest BCUT2D eigenvalue weighted by Gasteiger charge is -2.29. The molecular formula is C43H37NO4. The van der Waals surface area contributed by atoms with E-state index in [1.165, 1.54) is 11.1 Å². The van der Waals surface area contributed by atoms with Gasteiger partial charge in [-0.05, 0) is 46.4 Å². The van der Waals surface area contributed by atoms with Crippen LogP contribution in [-0.2, 0) is 25.6 Å². The zero-order valence-electron chi connectivity index (χ0n) is 26.8. The second-order valence-electron chi connectivity index (χ2n) is 13.2. The smallest absolute Gasteiger partial charge is 0.374 e. The minimum absolute atomic E-state index is 0.00136. The van der Waals surface area contributed by atoms with Gasteiger partial charge in [0, 0.05) is 36.8 Å².